The summed E-state index contributed by atoms with van der Waals surface area (Å²) in [7, 11) is 1.73. The molecule has 4 heteroatoms. The lowest BCUT2D eigenvalue weighted by Crippen LogP contribution is -2.08. The van der Waals surface area contributed by atoms with Crippen LogP contribution in [0.5, 0.6) is 0 Å². The van der Waals surface area contributed by atoms with E-state index in [0.717, 1.165) is 23.5 Å². The highest BCUT2D eigenvalue weighted by atomic mass is 14.9. The number of aryl methyl sites for hydroxylation is 1. The molecule has 70 valence electrons. The Morgan fingerprint density at radius 2 is 2.38 bits per heavy atom. The molecule has 0 aliphatic carbocycles. The van der Waals surface area contributed by atoms with E-state index in [1.54, 1.807) is 19.5 Å². The van der Waals surface area contributed by atoms with Crippen LogP contribution in [0.15, 0.2) is 11.2 Å². The predicted octanol–water partition coefficient (Wildman–Crippen LogP) is 0.335. The van der Waals surface area contributed by atoms with Gasteiger partial charge in [0.15, 0.2) is 0 Å². The van der Waals surface area contributed by atoms with Gasteiger partial charge in [-0.15, -0.1) is 0 Å². The average molecular weight is 178 g/mol. The van der Waals surface area contributed by atoms with E-state index >= 15 is 0 Å². The minimum atomic E-state index is 0.584. The van der Waals surface area contributed by atoms with Crippen molar-refractivity contribution in [2.24, 2.45) is 10.7 Å². The van der Waals surface area contributed by atoms with Crippen LogP contribution in [0.1, 0.15) is 17.1 Å². The molecule has 0 amide bonds. The van der Waals surface area contributed by atoms with Gasteiger partial charge < -0.3 is 5.73 Å². The summed E-state index contributed by atoms with van der Waals surface area (Å²) in [5, 5.41) is 0. The molecule has 0 saturated heterocycles. The first-order valence-electron chi connectivity index (χ1n) is 4.22. The standard InChI is InChI=1S/C9H14N4/c1-7-8(5-11-2)6-12-9(13-7)3-4-10/h5-6H,3-4,10H2,1-2H3/b11-5-. The van der Waals surface area contributed by atoms with Crippen molar-refractivity contribution in [1.29, 1.82) is 0 Å². The van der Waals surface area contributed by atoms with Crippen LogP contribution in [-0.4, -0.2) is 29.8 Å². The van der Waals surface area contributed by atoms with Gasteiger partial charge in [0.25, 0.3) is 0 Å². The predicted molar refractivity (Wildman–Crippen MR) is 53.0 cm³/mol. The van der Waals surface area contributed by atoms with Gasteiger partial charge in [-0.1, -0.05) is 0 Å². The Hall–Kier alpha value is -1.29. The second-order valence-corrected chi connectivity index (χ2v) is 2.75. The fraction of sp³-hybridized carbons (Fsp3) is 0.444. The van der Waals surface area contributed by atoms with Gasteiger partial charge >= 0.3 is 0 Å². The molecule has 2 N–H and O–H groups in total. The minimum Gasteiger partial charge on any atom is -0.330 e. The zero-order chi connectivity index (χ0) is 9.68. The molecule has 0 aliphatic rings. The molecule has 13 heavy (non-hydrogen) atoms. The summed E-state index contributed by atoms with van der Waals surface area (Å²) >= 11 is 0. The maximum Gasteiger partial charge on any atom is 0.129 e. The van der Waals surface area contributed by atoms with Crippen LogP contribution in [0.3, 0.4) is 0 Å². The normalized spacial score (nSPS) is 11.0. The number of hydrogen-bond acceptors (Lipinski definition) is 4. The van der Waals surface area contributed by atoms with E-state index in [4.69, 9.17) is 5.73 Å². The number of hydrogen-bond donors (Lipinski definition) is 1. The van der Waals surface area contributed by atoms with Gasteiger partial charge in [-0.05, 0) is 13.5 Å². The number of aliphatic imine (C=N–C) groups is 1. The highest BCUT2D eigenvalue weighted by Gasteiger charge is 1.99. The summed E-state index contributed by atoms with van der Waals surface area (Å²) in [5.41, 5.74) is 7.31. The molecule has 0 saturated carbocycles. The smallest absolute Gasteiger partial charge is 0.129 e. The van der Waals surface area contributed by atoms with Crippen molar-refractivity contribution in [2.45, 2.75) is 13.3 Å². The fourth-order valence-electron chi connectivity index (χ4n) is 1.04. The Labute approximate surface area is 77.9 Å². The summed E-state index contributed by atoms with van der Waals surface area (Å²) in [5.74, 6) is 0.799. The topological polar surface area (TPSA) is 64.2 Å². The van der Waals surface area contributed by atoms with Crippen molar-refractivity contribution in [3.63, 3.8) is 0 Å². The second-order valence-electron chi connectivity index (χ2n) is 2.75. The van der Waals surface area contributed by atoms with Gasteiger partial charge in [0, 0.05) is 37.1 Å². The summed E-state index contributed by atoms with van der Waals surface area (Å²) in [6.45, 7) is 2.53. The quantitative estimate of drug-likeness (QED) is 0.678. The van der Waals surface area contributed by atoms with Gasteiger partial charge in [-0.2, -0.15) is 0 Å². The molecule has 0 bridgehead atoms. The van der Waals surface area contributed by atoms with Crippen LogP contribution >= 0.6 is 0 Å². The molecule has 0 atom stereocenters. The lowest BCUT2D eigenvalue weighted by atomic mass is 10.2. The van der Waals surface area contributed by atoms with Crippen LogP contribution in [-0.2, 0) is 6.42 Å². The SMILES string of the molecule is C/N=C\c1cnc(CCN)nc1C. The Balaban J connectivity index is 2.91. The Morgan fingerprint density at radius 1 is 1.62 bits per heavy atom. The van der Waals surface area contributed by atoms with Crippen LogP contribution in [0.25, 0.3) is 0 Å². The molecule has 0 spiro atoms. The van der Waals surface area contributed by atoms with Crippen molar-refractivity contribution in [1.82, 2.24) is 9.97 Å². The fourth-order valence-corrected chi connectivity index (χ4v) is 1.04. The maximum absolute atomic E-state index is 5.40. The molecule has 1 heterocycles. The lowest BCUT2D eigenvalue weighted by molar-refractivity contribution is 0.854. The van der Waals surface area contributed by atoms with Crippen molar-refractivity contribution >= 4 is 6.21 Å². The average Bonchev–Trinajstić information content (AvgIpc) is 2.10. The molecule has 0 aliphatic heterocycles. The molecule has 0 fully saturated rings. The Morgan fingerprint density at radius 3 is 2.92 bits per heavy atom. The first kappa shape index (κ1) is 9.80. The van der Waals surface area contributed by atoms with E-state index in [1.165, 1.54) is 0 Å². The highest BCUT2D eigenvalue weighted by Crippen LogP contribution is 2.01. The van der Waals surface area contributed by atoms with Crippen molar-refractivity contribution in [2.75, 3.05) is 13.6 Å². The van der Waals surface area contributed by atoms with Crippen LogP contribution in [0, 0.1) is 6.92 Å². The van der Waals surface area contributed by atoms with E-state index in [-0.39, 0.29) is 0 Å². The summed E-state index contributed by atoms with van der Waals surface area (Å²) in [6.07, 6.45) is 4.26. The summed E-state index contributed by atoms with van der Waals surface area (Å²) in [6, 6.07) is 0. The molecule has 0 unspecified atom stereocenters. The monoisotopic (exact) mass is 178 g/mol. The number of nitrogens with zero attached hydrogens (tertiary/aromatic N) is 3. The molecular formula is C9H14N4. The number of rotatable bonds is 3. The third-order valence-electron chi connectivity index (χ3n) is 1.70. The summed E-state index contributed by atoms with van der Waals surface area (Å²) < 4.78 is 0. The largest absolute Gasteiger partial charge is 0.330 e. The maximum atomic E-state index is 5.40. The molecular weight excluding hydrogens is 164 g/mol. The number of aromatic nitrogens is 2. The van der Waals surface area contributed by atoms with Crippen molar-refractivity contribution in [3.05, 3.63) is 23.3 Å². The van der Waals surface area contributed by atoms with Gasteiger partial charge in [0.2, 0.25) is 0 Å². The third-order valence-corrected chi connectivity index (χ3v) is 1.70. The number of nitrogens with two attached hydrogens (primary N) is 1. The van der Waals surface area contributed by atoms with E-state index in [0.29, 0.717) is 6.54 Å². The first-order chi connectivity index (χ1) is 6.27. The van der Waals surface area contributed by atoms with Crippen molar-refractivity contribution < 1.29 is 0 Å². The Kier molecular flexibility index (Phi) is 3.52. The van der Waals surface area contributed by atoms with Gasteiger partial charge in [0.1, 0.15) is 5.82 Å². The third kappa shape index (κ3) is 2.59. The van der Waals surface area contributed by atoms with Gasteiger partial charge in [-0.3, -0.25) is 4.99 Å². The van der Waals surface area contributed by atoms with Crippen LogP contribution in [0.2, 0.25) is 0 Å². The second kappa shape index (κ2) is 4.67. The molecule has 0 aromatic carbocycles. The zero-order valence-electron chi connectivity index (χ0n) is 7.99. The molecule has 1 aromatic heterocycles. The Bertz CT molecular complexity index is 306. The van der Waals surface area contributed by atoms with Gasteiger partial charge in [-0.25, -0.2) is 9.97 Å². The van der Waals surface area contributed by atoms with E-state index in [2.05, 4.69) is 15.0 Å². The molecule has 4 nitrogen and oxygen atoms in total. The van der Waals surface area contributed by atoms with E-state index < -0.39 is 0 Å². The van der Waals surface area contributed by atoms with E-state index in [9.17, 15) is 0 Å². The van der Waals surface area contributed by atoms with Crippen molar-refractivity contribution in [3.8, 4) is 0 Å². The van der Waals surface area contributed by atoms with Crippen LogP contribution < -0.4 is 5.73 Å². The van der Waals surface area contributed by atoms with Crippen LogP contribution in [0.4, 0.5) is 0 Å². The lowest BCUT2D eigenvalue weighted by Gasteiger charge is -2.01. The molecule has 0 radical (unpaired) electrons. The minimum absolute atomic E-state index is 0.584. The zero-order valence-corrected chi connectivity index (χ0v) is 7.99. The highest BCUT2D eigenvalue weighted by molar-refractivity contribution is 5.80. The van der Waals surface area contributed by atoms with E-state index in [1.807, 2.05) is 6.92 Å². The first-order valence-corrected chi connectivity index (χ1v) is 4.22. The summed E-state index contributed by atoms with van der Waals surface area (Å²) in [4.78, 5) is 12.4. The molecule has 1 rings (SSSR count). The van der Waals surface area contributed by atoms with Gasteiger partial charge in [0.05, 0.1) is 0 Å². The molecule has 1 aromatic rings.